The number of rotatable bonds is 2. The van der Waals surface area contributed by atoms with Gasteiger partial charge in [0.05, 0.1) is 6.10 Å². The maximum Gasteiger partial charge on any atom is 0.245 e. The summed E-state index contributed by atoms with van der Waals surface area (Å²) in [6.07, 6.45) is 4.91. The van der Waals surface area contributed by atoms with Crippen molar-refractivity contribution in [1.82, 2.24) is 9.80 Å². The molecule has 0 aromatic rings. The third kappa shape index (κ3) is 2.61. The average Bonchev–Trinajstić information content (AvgIpc) is 3.14. The van der Waals surface area contributed by atoms with Crippen molar-refractivity contribution in [1.29, 1.82) is 0 Å². The molecule has 0 spiro atoms. The number of β-amino-alcohol motifs (C(OH)–C–C–N with tert-alkyl or cyclic N) is 1. The Morgan fingerprint density at radius 1 is 0.947 bits per heavy atom. The second kappa shape index (κ2) is 5.12. The Morgan fingerprint density at radius 3 is 2.37 bits per heavy atom. The summed E-state index contributed by atoms with van der Waals surface area (Å²) < 4.78 is 0. The lowest BCUT2D eigenvalue weighted by atomic mass is 10.1. The first-order valence-electron chi connectivity index (χ1n) is 7.44. The third-order valence-corrected chi connectivity index (χ3v) is 4.46. The molecule has 19 heavy (non-hydrogen) atoms. The first-order chi connectivity index (χ1) is 9.16. The van der Waals surface area contributed by atoms with E-state index in [2.05, 4.69) is 0 Å². The van der Waals surface area contributed by atoms with E-state index in [1.165, 1.54) is 0 Å². The van der Waals surface area contributed by atoms with Crippen molar-refractivity contribution in [3.63, 3.8) is 0 Å². The fourth-order valence-corrected chi connectivity index (χ4v) is 3.22. The van der Waals surface area contributed by atoms with E-state index in [4.69, 9.17) is 0 Å². The summed E-state index contributed by atoms with van der Waals surface area (Å²) in [5, 5.41) is 9.67. The van der Waals surface area contributed by atoms with Crippen LogP contribution in [0.2, 0.25) is 0 Å². The third-order valence-electron chi connectivity index (χ3n) is 4.46. The van der Waals surface area contributed by atoms with Crippen LogP contribution in [0, 0.1) is 5.92 Å². The summed E-state index contributed by atoms with van der Waals surface area (Å²) in [7, 11) is 0. The van der Waals surface area contributed by atoms with Crippen LogP contribution in [-0.2, 0) is 9.59 Å². The molecule has 3 aliphatic rings. The Bertz CT molecular complexity index is 381. The summed E-state index contributed by atoms with van der Waals surface area (Å²) in [4.78, 5) is 28.2. The van der Waals surface area contributed by atoms with Gasteiger partial charge in [0.2, 0.25) is 11.8 Å². The molecule has 0 aromatic carbocycles. The normalized spacial score (nSPS) is 31.6. The molecule has 1 aliphatic carbocycles. The molecule has 5 heteroatoms. The molecule has 0 radical (unpaired) electrons. The number of hydrogen-bond acceptors (Lipinski definition) is 3. The topological polar surface area (TPSA) is 60.9 Å². The predicted molar refractivity (Wildman–Crippen MR) is 69.3 cm³/mol. The van der Waals surface area contributed by atoms with Gasteiger partial charge >= 0.3 is 0 Å². The highest BCUT2D eigenvalue weighted by atomic mass is 16.3. The minimum absolute atomic E-state index is 0.0465. The van der Waals surface area contributed by atoms with E-state index in [9.17, 15) is 14.7 Å². The fraction of sp³-hybridized carbons (Fsp3) is 0.857. The lowest BCUT2D eigenvalue weighted by Gasteiger charge is -2.34. The van der Waals surface area contributed by atoms with E-state index < -0.39 is 6.10 Å². The van der Waals surface area contributed by atoms with Gasteiger partial charge in [-0.3, -0.25) is 9.59 Å². The van der Waals surface area contributed by atoms with E-state index in [-0.39, 0.29) is 23.8 Å². The first-order valence-corrected chi connectivity index (χ1v) is 7.44. The first kappa shape index (κ1) is 12.9. The van der Waals surface area contributed by atoms with Crippen LogP contribution in [0.25, 0.3) is 0 Å². The van der Waals surface area contributed by atoms with Crippen molar-refractivity contribution in [3.8, 4) is 0 Å². The van der Waals surface area contributed by atoms with Crippen molar-refractivity contribution in [2.45, 2.75) is 50.7 Å². The predicted octanol–water partition coefficient (Wildman–Crippen LogP) is 0.371. The van der Waals surface area contributed by atoms with E-state index >= 15 is 0 Å². The van der Waals surface area contributed by atoms with Gasteiger partial charge in [0.15, 0.2) is 0 Å². The van der Waals surface area contributed by atoms with Gasteiger partial charge in [0.25, 0.3) is 0 Å². The largest absolute Gasteiger partial charge is 0.391 e. The number of likely N-dealkylation sites (tertiary alicyclic amines) is 2. The molecule has 1 N–H and O–H groups in total. The minimum Gasteiger partial charge on any atom is -0.391 e. The monoisotopic (exact) mass is 266 g/mol. The number of carbonyl (C=O) groups excluding carboxylic acids is 2. The van der Waals surface area contributed by atoms with Crippen LogP contribution in [0.5, 0.6) is 0 Å². The van der Waals surface area contributed by atoms with Crippen LogP contribution in [0.4, 0.5) is 0 Å². The molecular weight excluding hydrogens is 244 g/mol. The highest BCUT2D eigenvalue weighted by Gasteiger charge is 2.42. The molecule has 3 fully saturated rings. The molecule has 2 aliphatic heterocycles. The van der Waals surface area contributed by atoms with E-state index in [1.54, 1.807) is 9.80 Å². The summed E-state index contributed by atoms with van der Waals surface area (Å²) in [5.74, 6) is 0.402. The zero-order chi connectivity index (χ0) is 13.4. The summed E-state index contributed by atoms with van der Waals surface area (Å²) in [5.41, 5.74) is 0. The quantitative estimate of drug-likeness (QED) is 0.785. The second-order valence-electron chi connectivity index (χ2n) is 6.04. The van der Waals surface area contributed by atoms with E-state index in [0.29, 0.717) is 6.54 Å². The lowest BCUT2D eigenvalue weighted by molar-refractivity contribution is -0.146. The highest BCUT2D eigenvalue weighted by Crippen LogP contribution is 2.34. The molecule has 5 nitrogen and oxygen atoms in total. The minimum atomic E-state index is -0.397. The summed E-state index contributed by atoms with van der Waals surface area (Å²) >= 11 is 0. The van der Waals surface area contributed by atoms with Crippen molar-refractivity contribution in [3.05, 3.63) is 0 Å². The molecule has 0 bridgehead atoms. The van der Waals surface area contributed by atoms with Crippen LogP contribution in [-0.4, -0.2) is 58.5 Å². The van der Waals surface area contributed by atoms with Crippen molar-refractivity contribution >= 4 is 11.8 Å². The second-order valence-corrected chi connectivity index (χ2v) is 6.04. The molecule has 2 amide bonds. The summed E-state index contributed by atoms with van der Waals surface area (Å²) in [6.45, 7) is 1.88. The standard InChI is InChI=1S/C14H22N2O3/c17-11-3-1-7-15(9-11)14(19)12-4-2-8-16(12)13(18)10-5-6-10/h10-12,17H,1-9H2. The van der Waals surface area contributed by atoms with Gasteiger partial charge in [-0.1, -0.05) is 0 Å². The zero-order valence-electron chi connectivity index (χ0n) is 11.3. The molecular formula is C14H22N2O3. The summed E-state index contributed by atoms with van der Waals surface area (Å²) in [6, 6.07) is -0.265. The van der Waals surface area contributed by atoms with Crippen LogP contribution in [0.1, 0.15) is 38.5 Å². The van der Waals surface area contributed by atoms with Crippen molar-refractivity contribution in [2.24, 2.45) is 5.92 Å². The van der Waals surface area contributed by atoms with Gasteiger partial charge < -0.3 is 14.9 Å². The van der Waals surface area contributed by atoms with Crippen LogP contribution >= 0.6 is 0 Å². The number of aliphatic hydroxyl groups excluding tert-OH is 1. The number of aliphatic hydroxyl groups is 1. The van der Waals surface area contributed by atoms with Crippen LogP contribution in [0.3, 0.4) is 0 Å². The van der Waals surface area contributed by atoms with Gasteiger partial charge in [0, 0.05) is 25.6 Å². The average molecular weight is 266 g/mol. The Balaban J connectivity index is 1.65. The van der Waals surface area contributed by atoms with Crippen LogP contribution in [0.15, 0.2) is 0 Å². The Morgan fingerprint density at radius 2 is 1.68 bits per heavy atom. The molecule has 2 heterocycles. The van der Waals surface area contributed by atoms with Gasteiger partial charge in [0.1, 0.15) is 6.04 Å². The van der Waals surface area contributed by atoms with Gasteiger partial charge in [-0.25, -0.2) is 0 Å². The van der Waals surface area contributed by atoms with Gasteiger partial charge in [-0.05, 0) is 38.5 Å². The van der Waals surface area contributed by atoms with E-state index in [1.807, 2.05) is 0 Å². The lowest BCUT2D eigenvalue weighted by Crippen LogP contribution is -2.51. The molecule has 0 aromatic heterocycles. The Labute approximate surface area is 113 Å². The maximum absolute atomic E-state index is 12.5. The smallest absolute Gasteiger partial charge is 0.245 e. The molecule has 3 rings (SSSR count). The molecule has 2 atom stereocenters. The highest BCUT2D eigenvalue weighted by molar-refractivity contribution is 5.90. The molecule has 2 unspecified atom stereocenters. The number of amides is 2. The van der Waals surface area contributed by atoms with Crippen molar-refractivity contribution < 1.29 is 14.7 Å². The van der Waals surface area contributed by atoms with E-state index in [0.717, 1.165) is 51.6 Å². The number of hydrogen-bond donors (Lipinski definition) is 1. The fourth-order valence-electron chi connectivity index (χ4n) is 3.22. The Hall–Kier alpha value is -1.10. The molecule has 106 valence electrons. The SMILES string of the molecule is O=C(C1CCCN1C(=O)C1CC1)N1CCCC(O)C1. The van der Waals surface area contributed by atoms with Crippen LogP contribution < -0.4 is 0 Å². The molecule has 1 saturated carbocycles. The number of piperidine rings is 1. The van der Waals surface area contributed by atoms with Gasteiger partial charge in [-0.15, -0.1) is 0 Å². The van der Waals surface area contributed by atoms with Crippen molar-refractivity contribution in [2.75, 3.05) is 19.6 Å². The number of nitrogens with zero attached hydrogens (tertiary/aromatic N) is 2. The maximum atomic E-state index is 12.5. The Kier molecular flexibility index (Phi) is 3.48. The van der Waals surface area contributed by atoms with Gasteiger partial charge in [-0.2, -0.15) is 0 Å². The zero-order valence-corrected chi connectivity index (χ0v) is 11.3. The molecule has 2 saturated heterocycles. The number of carbonyl (C=O) groups is 2.